The van der Waals surface area contributed by atoms with Crippen molar-refractivity contribution in [3.8, 4) is 0 Å². The van der Waals surface area contributed by atoms with Crippen molar-refractivity contribution in [1.29, 1.82) is 0 Å². The van der Waals surface area contributed by atoms with E-state index in [1.54, 1.807) is 0 Å². The van der Waals surface area contributed by atoms with Crippen molar-refractivity contribution in [3.63, 3.8) is 0 Å². The minimum atomic E-state index is 0.214. The van der Waals surface area contributed by atoms with Gasteiger partial charge in [-0.25, -0.2) is 0 Å². The van der Waals surface area contributed by atoms with Gasteiger partial charge in [-0.15, -0.1) is 0 Å². The maximum atomic E-state index is 4.40. The Labute approximate surface area is 116 Å². The fourth-order valence-corrected chi connectivity index (χ4v) is 2.85. The molecule has 1 N–H and O–H groups in total. The molecule has 1 aliphatic rings. The van der Waals surface area contributed by atoms with Gasteiger partial charge in [-0.3, -0.25) is 14.8 Å². The Morgan fingerprint density at radius 3 is 2.68 bits per heavy atom. The van der Waals surface area contributed by atoms with E-state index < -0.39 is 0 Å². The van der Waals surface area contributed by atoms with Crippen LogP contribution in [0.1, 0.15) is 19.5 Å². The Kier molecular flexibility index (Phi) is 4.91. The third-order valence-corrected chi connectivity index (χ3v) is 3.79. The lowest BCUT2D eigenvalue weighted by Crippen LogP contribution is -2.57. The predicted octanol–water partition coefficient (Wildman–Crippen LogP) is 1.20. The molecule has 0 aliphatic carbocycles. The van der Waals surface area contributed by atoms with Crippen molar-refractivity contribution in [2.45, 2.75) is 25.9 Å². The molecule has 0 saturated carbocycles. The molecular formula is C15H26N4. The standard InChI is InChI=1S/C15H26N4/c1-15(2,19-10-8-16-9-11-19)13-18(3)12-14-6-4-5-7-17-14/h4-7,16H,8-13H2,1-3H3. The molecule has 0 amide bonds. The van der Waals surface area contributed by atoms with Crippen molar-refractivity contribution >= 4 is 0 Å². The average molecular weight is 262 g/mol. The first kappa shape index (κ1) is 14.4. The highest BCUT2D eigenvalue weighted by Crippen LogP contribution is 2.17. The lowest BCUT2D eigenvalue weighted by atomic mass is 10.0. The van der Waals surface area contributed by atoms with Crippen molar-refractivity contribution < 1.29 is 0 Å². The second kappa shape index (κ2) is 6.46. The van der Waals surface area contributed by atoms with Crippen LogP contribution in [0.3, 0.4) is 0 Å². The number of nitrogens with one attached hydrogen (secondary N) is 1. The number of hydrogen-bond donors (Lipinski definition) is 1. The maximum Gasteiger partial charge on any atom is 0.0543 e. The topological polar surface area (TPSA) is 31.4 Å². The Morgan fingerprint density at radius 1 is 1.32 bits per heavy atom. The average Bonchev–Trinajstić information content (AvgIpc) is 2.40. The first-order valence-electron chi connectivity index (χ1n) is 7.12. The summed E-state index contributed by atoms with van der Waals surface area (Å²) in [6.45, 7) is 11.1. The van der Waals surface area contributed by atoms with Gasteiger partial charge in [0.15, 0.2) is 0 Å². The molecule has 0 radical (unpaired) electrons. The fraction of sp³-hybridized carbons (Fsp3) is 0.667. The highest BCUT2D eigenvalue weighted by atomic mass is 15.3. The fourth-order valence-electron chi connectivity index (χ4n) is 2.85. The van der Waals surface area contributed by atoms with Crippen molar-refractivity contribution in [2.24, 2.45) is 0 Å². The van der Waals surface area contributed by atoms with Gasteiger partial charge in [0.05, 0.1) is 5.69 Å². The van der Waals surface area contributed by atoms with E-state index in [2.05, 4.69) is 53.1 Å². The van der Waals surface area contributed by atoms with Gasteiger partial charge in [-0.2, -0.15) is 0 Å². The largest absolute Gasteiger partial charge is 0.314 e. The molecule has 0 spiro atoms. The molecule has 1 saturated heterocycles. The molecule has 2 heterocycles. The zero-order chi connectivity index (χ0) is 13.7. The minimum absolute atomic E-state index is 0.214. The van der Waals surface area contributed by atoms with Gasteiger partial charge in [0.2, 0.25) is 0 Å². The number of hydrogen-bond acceptors (Lipinski definition) is 4. The van der Waals surface area contributed by atoms with Crippen LogP contribution < -0.4 is 5.32 Å². The monoisotopic (exact) mass is 262 g/mol. The molecule has 0 atom stereocenters. The highest BCUT2D eigenvalue weighted by molar-refractivity contribution is 5.03. The smallest absolute Gasteiger partial charge is 0.0543 e. The summed E-state index contributed by atoms with van der Waals surface area (Å²) in [5, 5.41) is 3.41. The van der Waals surface area contributed by atoms with Gasteiger partial charge in [0, 0.05) is 51.0 Å². The van der Waals surface area contributed by atoms with Gasteiger partial charge >= 0.3 is 0 Å². The first-order valence-corrected chi connectivity index (χ1v) is 7.12. The summed E-state index contributed by atoms with van der Waals surface area (Å²) < 4.78 is 0. The summed E-state index contributed by atoms with van der Waals surface area (Å²) in [5.41, 5.74) is 1.35. The lowest BCUT2D eigenvalue weighted by Gasteiger charge is -2.43. The Morgan fingerprint density at radius 2 is 2.05 bits per heavy atom. The Hall–Kier alpha value is -0.970. The van der Waals surface area contributed by atoms with E-state index in [0.717, 1.165) is 45.0 Å². The number of pyridine rings is 1. The molecule has 0 unspecified atom stereocenters. The second-order valence-electron chi connectivity index (χ2n) is 6.04. The summed E-state index contributed by atoms with van der Waals surface area (Å²) >= 11 is 0. The summed E-state index contributed by atoms with van der Waals surface area (Å²) in [5.74, 6) is 0. The van der Waals surface area contributed by atoms with Crippen LogP contribution >= 0.6 is 0 Å². The van der Waals surface area contributed by atoms with E-state index in [9.17, 15) is 0 Å². The highest BCUT2D eigenvalue weighted by Gasteiger charge is 2.28. The molecule has 1 aromatic heterocycles. The van der Waals surface area contributed by atoms with Gasteiger partial charge in [-0.1, -0.05) is 6.07 Å². The van der Waals surface area contributed by atoms with Crippen LogP contribution in [-0.2, 0) is 6.54 Å². The van der Waals surface area contributed by atoms with Crippen LogP contribution in [0.15, 0.2) is 24.4 Å². The SMILES string of the molecule is CN(Cc1ccccn1)CC(C)(C)N1CCNCC1. The van der Waals surface area contributed by atoms with Crippen molar-refractivity contribution in [2.75, 3.05) is 39.8 Å². The van der Waals surface area contributed by atoms with Crippen molar-refractivity contribution in [3.05, 3.63) is 30.1 Å². The zero-order valence-electron chi connectivity index (χ0n) is 12.4. The summed E-state index contributed by atoms with van der Waals surface area (Å²) in [7, 11) is 2.18. The van der Waals surface area contributed by atoms with E-state index in [1.165, 1.54) is 0 Å². The van der Waals surface area contributed by atoms with E-state index in [0.29, 0.717) is 0 Å². The van der Waals surface area contributed by atoms with Crippen LogP contribution in [-0.4, -0.2) is 60.1 Å². The third kappa shape index (κ3) is 4.27. The quantitative estimate of drug-likeness (QED) is 0.864. The Balaban J connectivity index is 1.88. The zero-order valence-corrected chi connectivity index (χ0v) is 12.4. The number of nitrogens with zero attached hydrogens (tertiary/aromatic N) is 3. The lowest BCUT2D eigenvalue weighted by molar-refractivity contribution is 0.0690. The molecule has 1 aromatic rings. The number of aromatic nitrogens is 1. The molecule has 106 valence electrons. The number of rotatable bonds is 5. The summed E-state index contributed by atoms with van der Waals surface area (Å²) in [6.07, 6.45) is 1.87. The molecular weight excluding hydrogens is 236 g/mol. The normalized spacial score (nSPS) is 17.9. The molecule has 0 aromatic carbocycles. The van der Waals surface area contributed by atoms with Crippen molar-refractivity contribution in [1.82, 2.24) is 20.1 Å². The number of piperazine rings is 1. The molecule has 1 aliphatic heterocycles. The maximum absolute atomic E-state index is 4.40. The molecule has 4 nitrogen and oxygen atoms in total. The minimum Gasteiger partial charge on any atom is -0.314 e. The summed E-state index contributed by atoms with van der Waals surface area (Å²) in [6, 6.07) is 6.11. The van der Waals surface area contributed by atoms with Crippen LogP contribution in [0.2, 0.25) is 0 Å². The van der Waals surface area contributed by atoms with Crippen LogP contribution in [0, 0.1) is 0 Å². The van der Waals surface area contributed by atoms with Gasteiger partial charge < -0.3 is 5.32 Å². The predicted molar refractivity (Wildman–Crippen MR) is 79.1 cm³/mol. The third-order valence-electron chi connectivity index (χ3n) is 3.79. The van der Waals surface area contributed by atoms with Crippen LogP contribution in [0.25, 0.3) is 0 Å². The van der Waals surface area contributed by atoms with E-state index in [-0.39, 0.29) is 5.54 Å². The molecule has 19 heavy (non-hydrogen) atoms. The first-order chi connectivity index (χ1) is 9.08. The van der Waals surface area contributed by atoms with Gasteiger partial charge in [0.25, 0.3) is 0 Å². The van der Waals surface area contributed by atoms with Crippen LogP contribution in [0.5, 0.6) is 0 Å². The molecule has 1 fully saturated rings. The molecule has 2 rings (SSSR count). The van der Waals surface area contributed by atoms with E-state index in [1.807, 2.05) is 12.3 Å². The Bertz CT molecular complexity index is 371. The van der Waals surface area contributed by atoms with Crippen LogP contribution in [0.4, 0.5) is 0 Å². The second-order valence-corrected chi connectivity index (χ2v) is 6.04. The van der Waals surface area contributed by atoms with E-state index >= 15 is 0 Å². The number of likely N-dealkylation sites (N-methyl/N-ethyl adjacent to an activating group) is 1. The van der Waals surface area contributed by atoms with Gasteiger partial charge in [-0.05, 0) is 33.0 Å². The van der Waals surface area contributed by atoms with Gasteiger partial charge in [0.1, 0.15) is 0 Å². The summed E-state index contributed by atoms with van der Waals surface area (Å²) in [4.78, 5) is 9.34. The molecule has 4 heteroatoms. The molecule has 0 bridgehead atoms. The van der Waals surface area contributed by atoms with E-state index in [4.69, 9.17) is 0 Å².